The molecular weight excluding hydrogens is 188 g/mol. The van der Waals surface area contributed by atoms with E-state index in [2.05, 4.69) is 0 Å². The third kappa shape index (κ3) is 1.47. The Morgan fingerprint density at radius 3 is 1.17 bits per heavy atom. The van der Waals surface area contributed by atoms with E-state index in [1.807, 2.05) is 0 Å². The van der Waals surface area contributed by atoms with Crippen molar-refractivity contribution in [1.82, 2.24) is 0 Å². The minimum atomic E-state index is -5.60. The Hall–Kier alpha value is -0.930. The molecule has 1 nitrogen and oxygen atoms in total. The van der Waals surface area contributed by atoms with Crippen molar-refractivity contribution in [2.75, 3.05) is 0 Å². The third-order valence-electron chi connectivity index (χ3n) is 1.36. The van der Waals surface area contributed by atoms with E-state index in [4.69, 9.17) is 5.26 Å². The van der Waals surface area contributed by atoms with Crippen LogP contribution in [0.25, 0.3) is 0 Å². The molecule has 0 N–H and O–H groups in total. The van der Waals surface area contributed by atoms with Crippen LogP contribution in [-0.2, 0) is 0 Å². The molecule has 0 rings (SSSR count). The Balaban J connectivity index is 5.14. The second-order valence-corrected chi connectivity index (χ2v) is 2.23. The minimum Gasteiger partial charge on any atom is -0.197 e. The fourth-order valence-electron chi connectivity index (χ4n) is 0.287. The molecule has 0 bridgehead atoms. The summed E-state index contributed by atoms with van der Waals surface area (Å²) in [6.07, 6.45) is -11.2. The smallest absolute Gasteiger partial charge is 0.197 e. The van der Waals surface area contributed by atoms with Crippen LogP contribution in [0.5, 0.6) is 0 Å². The number of hydrogen-bond acceptors (Lipinski definition) is 1. The summed E-state index contributed by atoms with van der Waals surface area (Å²) in [5.41, 5.74) is -4.28. The van der Waals surface area contributed by atoms with Crippen LogP contribution >= 0.6 is 0 Å². The maximum Gasteiger partial charge on any atom is 0.415 e. The predicted molar refractivity (Wildman–Crippen MR) is 25.8 cm³/mol. The summed E-state index contributed by atoms with van der Waals surface area (Å²) in [7, 11) is 0. The molecule has 12 heavy (non-hydrogen) atoms. The number of nitrogens with zero attached hydrogens (tertiary/aromatic N) is 1. The molecule has 0 heterocycles. The van der Waals surface area contributed by atoms with E-state index in [0.717, 1.165) is 0 Å². The molecule has 0 atom stereocenters. The van der Waals surface area contributed by atoms with Gasteiger partial charge in [0.1, 0.15) is 0 Å². The molecule has 0 aromatic rings. The highest BCUT2D eigenvalue weighted by Crippen LogP contribution is 2.49. The Morgan fingerprint density at radius 2 is 1.17 bits per heavy atom. The first-order valence-corrected chi connectivity index (χ1v) is 2.61. The molecule has 0 aromatic carbocycles. The highest BCUT2D eigenvalue weighted by Gasteiger charge is 2.68. The van der Waals surface area contributed by atoms with Gasteiger partial charge in [-0.3, -0.25) is 0 Å². The normalized spacial score (nSPS) is 14.2. The van der Waals surface area contributed by atoms with Crippen LogP contribution in [0.1, 0.15) is 6.92 Å². The van der Waals surface area contributed by atoms with Crippen molar-refractivity contribution in [3.05, 3.63) is 0 Å². The summed E-state index contributed by atoms with van der Waals surface area (Å²) in [5.74, 6) is 0. The summed E-state index contributed by atoms with van der Waals surface area (Å²) in [5, 5.41) is 7.77. The standard InChI is InChI=1S/C5H3F6N/c1-3(2-12,4(6,7)8)5(9,10)11/h1H3. The summed E-state index contributed by atoms with van der Waals surface area (Å²) in [6, 6.07) is 0.208. The van der Waals surface area contributed by atoms with Gasteiger partial charge in [0, 0.05) is 0 Å². The molecule has 0 spiro atoms. The molecule has 0 aliphatic heterocycles. The van der Waals surface area contributed by atoms with Crippen molar-refractivity contribution in [1.29, 1.82) is 5.26 Å². The van der Waals surface area contributed by atoms with Gasteiger partial charge in [-0.15, -0.1) is 0 Å². The predicted octanol–water partition coefficient (Wildman–Crippen LogP) is 2.64. The van der Waals surface area contributed by atoms with Crippen LogP contribution in [0.4, 0.5) is 26.3 Å². The number of nitriles is 1. The van der Waals surface area contributed by atoms with Crippen molar-refractivity contribution >= 4 is 0 Å². The first-order chi connectivity index (χ1) is 5.06. The first-order valence-electron chi connectivity index (χ1n) is 2.61. The van der Waals surface area contributed by atoms with E-state index < -0.39 is 17.8 Å². The largest absolute Gasteiger partial charge is 0.415 e. The van der Waals surface area contributed by atoms with Gasteiger partial charge in [0.15, 0.2) is 0 Å². The van der Waals surface area contributed by atoms with Gasteiger partial charge in [-0.25, -0.2) is 0 Å². The van der Waals surface area contributed by atoms with Crippen molar-refractivity contribution in [2.45, 2.75) is 19.3 Å². The zero-order chi connectivity index (χ0) is 10.2. The molecule has 0 fully saturated rings. The molecule has 0 aliphatic carbocycles. The molecule has 7 heteroatoms. The fraction of sp³-hybridized carbons (Fsp3) is 0.800. The van der Waals surface area contributed by atoms with Crippen LogP contribution in [0.2, 0.25) is 0 Å². The Labute approximate surface area is 63.6 Å². The summed E-state index contributed by atoms with van der Waals surface area (Å²) in [4.78, 5) is 0. The topological polar surface area (TPSA) is 23.8 Å². The molecule has 70 valence electrons. The Kier molecular flexibility index (Phi) is 2.34. The van der Waals surface area contributed by atoms with E-state index >= 15 is 0 Å². The Morgan fingerprint density at radius 1 is 0.917 bits per heavy atom. The quantitative estimate of drug-likeness (QED) is 0.540. The van der Waals surface area contributed by atoms with Crippen LogP contribution in [-0.4, -0.2) is 12.4 Å². The SMILES string of the molecule is CC(C#N)(C(F)(F)F)C(F)(F)F. The van der Waals surface area contributed by atoms with Gasteiger partial charge in [-0.2, -0.15) is 31.6 Å². The van der Waals surface area contributed by atoms with E-state index in [-0.39, 0.29) is 13.0 Å². The highest BCUT2D eigenvalue weighted by atomic mass is 19.4. The highest BCUT2D eigenvalue weighted by molar-refractivity contribution is 5.05. The molecule has 0 saturated heterocycles. The van der Waals surface area contributed by atoms with E-state index in [1.54, 1.807) is 0 Å². The average Bonchev–Trinajstić information content (AvgIpc) is 1.81. The van der Waals surface area contributed by atoms with E-state index in [1.165, 1.54) is 0 Å². The number of hydrogen-bond donors (Lipinski definition) is 0. The zero-order valence-electron chi connectivity index (χ0n) is 5.72. The van der Waals surface area contributed by atoms with Crippen LogP contribution in [0.15, 0.2) is 0 Å². The first kappa shape index (κ1) is 11.1. The van der Waals surface area contributed by atoms with E-state index in [0.29, 0.717) is 0 Å². The van der Waals surface area contributed by atoms with Gasteiger partial charge in [0.2, 0.25) is 5.41 Å². The molecule has 0 amide bonds. The monoisotopic (exact) mass is 191 g/mol. The molecule has 0 unspecified atom stereocenters. The van der Waals surface area contributed by atoms with Gasteiger partial charge in [0.05, 0.1) is 6.07 Å². The summed E-state index contributed by atoms with van der Waals surface area (Å²) < 4.78 is 69.9. The van der Waals surface area contributed by atoms with Crippen molar-refractivity contribution < 1.29 is 26.3 Å². The second-order valence-electron chi connectivity index (χ2n) is 2.23. The van der Waals surface area contributed by atoms with Crippen molar-refractivity contribution in [2.24, 2.45) is 5.41 Å². The molecule has 0 radical (unpaired) electrons. The second kappa shape index (κ2) is 2.54. The molecule has 0 aromatic heterocycles. The Bertz CT molecular complexity index is 191. The number of alkyl halides is 6. The fourth-order valence-corrected chi connectivity index (χ4v) is 0.287. The van der Waals surface area contributed by atoms with Gasteiger partial charge < -0.3 is 0 Å². The zero-order valence-corrected chi connectivity index (χ0v) is 5.72. The van der Waals surface area contributed by atoms with Crippen molar-refractivity contribution in [3.8, 4) is 6.07 Å². The van der Waals surface area contributed by atoms with Crippen LogP contribution in [0.3, 0.4) is 0 Å². The minimum absolute atomic E-state index is 0.201. The van der Waals surface area contributed by atoms with Gasteiger partial charge in [-0.05, 0) is 6.92 Å². The van der Waals surface area contributed by atoms with Gasteiger partial charge in [0.25, 0.3) is 0 Å². The molecule has 0 aliphatic rings. The van der Waals surface area contributed by atoms with Crippen LogP contribution in [0, 0.1) is 16.7 Å². The lowest BCUT2D eigenvalue weighted by Crippen LogP contribution is -2.46. The number of halogens is 6. The lowest BCUT2D eigenvalue weighted by Gasteiger charge is -2.26. The number of rotatable bonds is 0. The lowest BCUT2D eigenvalue weighted by molar-refractivity contribution is -0.311. The lowest BCUT2D eigenvalue weighted by atomic mass is 9.91. The molecule has 0 saturated carbocycles. The van der Waals surface area contributed by atoms with Crippen molar-refractivity contribution in [3.63, 3.8) is 0 Å². The van der Waals surface area contributed by atoms with Crippen LogP contribution < -0.4 is 0 Å². The summed E-state index contributed by atoms with van der Waals surface area (Å²) in [6.45, 7) is -0.201. The van der Waals surface area contributed by atoms with E-state index in [9.17, 15) is 26.3 Å². The third-order valence-corrected chi connectivity index (χ3v) is 1.36. The average molecular weight is 191 g/mol. The maximum atomic E-state index is 11.7. The maximum absolute atomic E-state index is 11.7. The van der Waals surface area contributed by atoms with Gasteiger partial charge in [-0.1, -0.05) is 0 Å². The van der Waals surface area contributed by atoms with Gasteiger partial charge >= 0.3 is 12.4 Å². The molecular formula is C5H3F6N. The summed E-state index contributed by atoms with van der Waals surface area (Å²) >= 11 is 0.